The third-order valence-electron chi connectivity index (χ3n) is 5.27. The zero-order valence-electron chi connectivity index (χ0n) is 14.9. The van der Waals surface area contributed by atoms with Gasteiger partial charge in [-0.3, -0.25) is 24.6 Å². The molecule has 0 fully saturated rings. The van der Waals surface area contributed by atoms with E-state index in [0.717, 1.165) is 5.56 Å². The SMILES string of the molecule is O=C1CCCC2=C1C(c1ccc(Cl)cc1)CC(=O)N2c1ccccc1[N+](=O)[O-]. The fourth-order valence-corrected chi connectivity index (χ4v) is 4.19. The summed E-state index contributed by atoms with van der Waals surface area (Å²) in [5.74, 6) is -0.605. The lowest BCUT2D eigenvalue weighted by Crippen LogP contribution is -2.40. The summed E-state index contributed by atoms with van der Waals surface area (Å²) in [5.41, 5.74) is 2.09. The van der Waals surface area contributed by atoms with Crippen molar-refractivity contribution in [2.75, 3.05) is 4.90 Å². The summed E-state index contributed by atoms with van der Waals surface area (Å²) in [6, 6.07) is 13.3. The van der Waals surface area contributed by atoms with Crippen molar-refractivity contribution in [3.05, 3.63) is 80.5 Å². The van der Waals surface area contributed by atoms with Crippen LogP contribution < -0.4 is 4.90 Å². The molecule has 0 aromatic heterocycles. The van der Waals surface area contributed by atoms with Crippen molar-refractivity contribution in [2.45, 2.75) is 31.6 Å². The highest BCUT2D eigenvalue weighted by molar-refractivity contribution is 6.30. The third kappa shape index (κ3) is 3.10. The van der Waals surface area contributed by atoms with Crippen molar-refractivity contribution >= 4 is 34.7 Å². The number of nitrogens with zero attached hydrogens (tertiary/aromatic N) is 2. The fraction of sp³-hybridized carbons (Fsp3) is 0.238. The molecule has 1 atom stereocenters. The molecule has 2 aromatic rings. The first-order valence-electron chi connectivity index (χ1n) is 9.05. The van der Waals surface area contributed by atoms with Gasteiger partial charge in [0.25, 0.3) is 5.69 Å². The molecular weight excluding hydrogens is 380 g/mol. The van der Waals surface area contributed by atoms with Crippen molar-refractivity contribution in [2.24, 2.45) is 0 Å². The molecule has 0 radical (unpaired) electrons. The van der Waals surface area contributed by atoms with Gasteiger partial charge < -0.3 is 0 Å². The zero-order chi connectivity index (χ0) is 19.8. The Morgan fingerprint density at radius 1 is 1.04 bits per heavy atom. The molecule has 1 aliphatic carbocycles. The summed E-state index contributed by atoms with van der Waals surface area (Å²) in [5, 5.41) is 12.1. The maximum absolute atomic E-state index is 13.1. The highest BCUT2D eigenvalue weighted by Gasteiger charge is 2.41. The van der Waals surface area contributed by atoms with Crippen LogP contribution in [0.2, 0.25) is 5.02 Å². The number of para-hydroxylation sites is 2. The Morgan fingerprint density at radius 3 is 2.46 bits per heavy atom. The number of benzene rings is 2. The van der Waals surface area contributed by atoms with E-state index in [2.05, 4.69) is 0 Å². The van der Waals surface area contributed by atoms with Gasteiger partial charge in [0.15, 0.2) is 5.78 Å². The molecule has 7 heteroatoms. The second-order valence-corrected chi connectivity index (χ2v) is 7.36. The first-order chi connectivity index (χ1) is 13.5. The molecule has 142 valence electrons. The van der Waals surface area contributed by atoms with Crippen LogP contribution in [0, 0.1) is 10.1 Å². The van der Waals surface area contributed by atoms with Crippen molar-refractivity contribution in [1.82, 2.24) is 0 Å². The summed E-state index contributed by atoms with van der Waals surface area (Å²) in [6.07, 6.45) is 1.65. The minimum Gasteiger partial charge on any atom is -0.294 e. The minimum atomic E-state index is -0.501. The van der Waals surface area contributed by atoms with E-state index in [1.165, 1.54) is 11.0 Å². The van der Waals surface area contributed by atoms with Gasteiger partial charge in [-0.1, -0.05) is 35.9 Å². The maximum Gasteiger partial charge on any atom is 0.293 e. The summed E-state index contributed by atoms with van der Waals surface area (Å²) in [4.78, 5) is 38.3. The van der Waals surface area contributed by atoms with E-state index in [-0.39, 0.29) is 35.4 Å². The number of Topliss-reactive ketones (excluding diaryl/α,β-unsaturated/α-hetero) is 1. The summed E-state index contributed by atoms with van der Waals surface area (Å²) >= 11 is 5.98. The highest BCUT2D eigenvalue weighted by Crippen LogP contribution is 2.45. The van der Waals surface area contributed by atoms with Crippen LogP contribution in [-0.2, 0) is 9.59 Å². The van der Waals surface area contributed by atoms with Gasteiger partial charge in [0.05, 0.1) is 4.92 Å². The first-order valence-corrected chi connectivity index (χ1v) is 9.43. The number of carbonyl (C=O) groups is 2. The lowest BCUT2D eigenvalue weighted by Gasteiger charge is -2.38. The number of carbonyl (C=O) groups excluding carboxylic acids is 2. The molecule has 2 aromatic carbocycles. The van der Waals surface area contributed by atoms with Gasteiger partial charge >= 0.3 is 0 Å². The molecule has 0 saturated carbocycles. The average molecular weight is 397 g/mol. The molecule has 28 heavy (non-hydrogen) atoms. The van der Waals surface area contributed by atoms with Crippen LogP contribution in [0.25, 0.3) is 0 Å². The molecule has 0 spiro atoms. The van der Waals surface area contributed by atoms with Gasteiger partial charge in [-0.05, 0) is 36.6 Å². The molecular formula is C21H17ClN2O4. The molecule has 4 rings (SSSR count). The molecule has 0 saturated heterocycles. The van der Waals surface area contributed by atoms with E-state index in [0.29, 0.717) is 35.6 Å². The van der Waals surface area contributed by atoms with Crippen LogP contribution in [0.5, 0.6) is 0 Å². The van der Waals surface area contributed by atoms with Crippen LogP contribution in [0.1, 0.15) is 37.2 Å². The Hall–Kier alpha value is -2.99. The summed E-state index contributed by atoms with van der Waals surface area (Å²) in [7, 11) is 0. The van der Waals surface area contributed by atoms with E-state index in [1.807, 2.05) is 12.1 Å². The lowest BCUT2D eigenvalue weighted by atomic mass is 9.77. The maximum atomic E-state index is 13.1. The Bertz CT molecular complexity index is 1010. The number of rotatable bonds is 3. The molecule has 1 aliphatic heterocycles. The van der Waals surface area contributed by atoms with Crippen LogP contribution in [0.4, 0.5) is 11.4 Å². The molecule has 6 nitrogen and oxygen atoms in total. The second kappa shape index (κ2) is 7.20. The van der Waals surface area contributed by atoms with Gasteiger partial charge in [-0.2, -0.15) is 0 Å². The molecule has 1 unspecified atom stereocenters. The van der Waals surface area contributed by atoms with Crippen LogP contribution >= 0.6 is 11.6 Å². The summed E-state index contributed by atoms with van der Waals surface area (Å²) in [6.45, 7) is 0. The number of halogens is 1. The predicted octanol–water partition coefficient (Wildman–Crippen LogP) is 4.78. The lowest BCUT2D eigenvalue weighted by molar-refractivity contribution is -0.384. The Morgan fingerprint density at radius 2 is 1.75 bits per heavy atom. The molecule has 0 N–H and O–H groups in total. The van der Waals surface area contributed by atoms with Crippen molar-refractivity contribution < 1.29 is 14.5 Å². The van der Waals surface area contributed by atoms with Crippen molar-refractivity contribution in [3.63, 3.8) is 0 Å². The van der Waals surface area contributed by atoms with Crippen LogP contribution in [-0.4, -0.2) is 16.6 Å². The number of hydrogen-bond donors (Lipinski definition) is 0. The van der Waals surface area contributed by atoms with E-state index in [1.54, 1.807) is 30.3 Å². The van der Waals surface area contributed by atoms with Gasteiger partial charge in [0.1, 0.15) is 5.69 Å². The van der Waals surface area contributed by atoms with E-state index in [4.69, 9.17) is 11.6 Å². The molecule has 1 heterocycles. The monoisotopic (exact) mass is 396 g/mol. The Balaban J connectivity index is 1.89. The van der Waals surface area contributed by atoms with Gasteiger partial charge in [-0.25, -0.2) is 0 Å². The van der Waals surface area contributed by atoms with Crippen LogP contribution in [0.3, 0.4) is 0 Å². The number of allylic oxidation sites excluding steroid dienone is 2. The minimum absolute atomic E-state index is 0.00251. The van der Waals surface area contributed by atoms with E-state index in [9.17, 15) is 19.7 Å². The van der Waals surface area contributed by atoms with Crippen LogP contribution in [0.15, 0.2) is 59.8 Å². The third-order valence-corrected chi connectivity index (χ3v) is 5.52. The summed E-state index contributed by atoms with van der Waals surface area (Å²) < 4.78 is 0. The zero-order valence-corrected chi connectivity index (χ0v) is 15.7. The largest absolute Gasteiger partial charge is 0.294 e. The number of ketones is 1. The Labute approximate surface area is 166 Å². The van der Waals surface area contributed by atoms with Crippen molar-refractivity contribution in [3.8, 4) is 0 Å². The second-order valence-electron chi connectivity index (χ2n) is 6.92. The fourth-order valence-electron chi connectivity index (χ4n) is 4.06. The predicted molar refractivity (Wildman–Crippen MR) is 105 cm³/mol. The normalized spacial score (nSPS) is 19.6. The first kappa shape index (κ1) is 18.4. The smallest absolute Gasteiger partial charge is 0.293 e. The quantitative estimate of drug-likeness (QED) is 0.552. The van der Waals surface area contributed by atoms with Gasteiger partial charge in [0, 0.05) is 41.1 Å². The van der Waals surface area contributed by atoms with Crippen molar-refractivity contribution in [1.29, 1.82) is 0 Å². The van der Waals surface area contributed by atoms with Gasteiger partial charge in [-0.15, -0.1) is 0 Å². The molecule has 2 aliphatic rings. The van der Waals surface area contributed by atoms with E-state index < -0.39 is 4.92 Å². The standard InChI is InChI=1S/C21H17ClN2O4/c22-14-10-8-13(9-11-14)15-12-20(26)23(18-6-3-7-19(25)21(15)18)16-4-1-2-5-17(16)24(27)28/h1-2,4-5,8-11,15H,3,6-7,12H2. The Kier molecular flexibility index (Phi) is 4.73. The molecule has 1 amide bonds. The number of anilines is 1. The van der Waals surface area contributed by atoms with Gasteiger partial charge in [0.2, 0.25) is 5.91 Å². The molecule has 0 bridgehead atoms. The number of amides is 1. The topological polar surface area (TPSA) is 80.5 Å². The number of nitro groups is 1. The number of hydrogen-bond acceptors (Lipinski definition) is 4. The van der Waals surface area contributed by atoms with E-state index >= 15 is 0 Å². The average Bonchev–Trinajstić information content (AvgIpc) is 2.68. The highest BCUT2D eigenvalue weighted by atomic mass is 35.5. The number of nitro benzene ring substituents is 1.